The van der Waals surface area contributed by atoms with E-state index < -0.39 is 11.3 Å². The van der Waals surface area contributed by atoms with Crippen LogP contribution in [0.15, 0.2) is 4.52 Å². The summed E-state index contributed by atoms with van der Waals surface area (Å²) in [6.45, 7) is 9.29. The van der Waals surface area contributed by atoms with Crippen LogP contribution in [-0.2, 0) is 11.3 Å². The summed E-state index contributed by atoms with van der Waals surface area (Å²) in [5, 5.41) is 3.90. The minimum absolute atomic E-state index is 0.107. The van der Waals surface area contributed by atoms with Gasteiger partial charge in [-0.25, -0.2) is 8.78 Å². The van der Waals surface area contributed by atoms with E-state index >= 15 is 0 Å². The van der Waals surface area contributed by atoms with Gasteiger partial charge in [-0.2, -0.15) is 0 Å². The normalized spacial score (nSPS) is 27.0. The molecule has 0 aliphatic carbocycles. The Bertz CT molecular complexity index is 639. The molecule has 1 amide bonds. The van der Waals surface area contributed by atoms with Crippen LogP contribution >= 0.6 is 0 Å². The quantitative estimate of drug-likeness (QED) is 0.833. The number of amides is 1. The number of halogens is 2. The summed E-state index contributed by atoms with van der Waals surface area (Å²) in [7, 11) is 0. The van der Waals surface area contributed by atoms with Gasteiger partial charge >= 0.3 is 0 Å². The highest BCUT2D eigenvalue weighted by atomic mass is 19.3. The summed E-state index contributed by atoms with van der Waals surface area (Å²) in [6.07, 6.45) is 0.164. The molecule has 25 heavy (non-hydrogen) atoms. The van der Waals surface area contributed by atoms with Gasteiger partial charge in [-0.05, 0) is 26.2 Å². The highest BCUT2D eigenvalue weighted by Crippen LogP contribution is 2.46. The number of aryl methyl sites for hydroxylation is 2. The van der Waals surface area contributed by atoms with Gasteiger partial charge in [0.15, 0.2) is 0 Å². The topological polar surface area (TPSA) is 49.6 Å². The lowest BCUT2D eigenvalue weighted by Crippen LogP contribution is -2.55. The number of hydrogen-bond donors (Lipinski definition) is 0. The van der Waals surface area contributed by atoms with Crippen LogP contribution in [-0.4, -0.2) is 53.0 Å². The summed E-state index contributed by atoms with van der Waals surface area (Å²) in [4.78, 5) is 16.4. The molecule has 3 heterocycles. The zero-order valence-corrected chi connectivity index (χ0v) is 15.4. The molecular weight excluding hydrogens is 328 g/mol. The molecule has 0 saturated carbocycles. The first-order valence-electron chi connectivity index (χ1n) is 8.93. The second-order valence-electron chi connectivity index (χ2n) is 8.16. The van der Waals surface area contributed by atoms with Crippen molar-refractivity contribution in [1.82, 2.24) is 15.0 Å². The van der Waals surface area contributed by atoms with E-state index in [4.69, 9.17) is 4.52 Å². The lowest BCUT2D eigenvalue weighted by Gasteiger charge is -2.43. The van der Waals surface area contributed by atoms with Crippen molar-refractivity contribution in [2.24, 2.45) is 11.3 Å². The summed E-state index contributed by atoms with van der Waals surface area (Å²) in [5.74, 6) is -1.98. The van der Waals surface area contributed by atoms with Crippen molar-refractivity contribution < 1.29 is 18.1 Å². The van der Waals surface area contributed by atoms with Crippen LogP contribution < -0.4 is 0 Å². The van der Waals surface area contributed by atoms with Crippen LogP contribution in [0.25, 0.3) is 0 Å². The number of hydrogen-bond acceptors (Lipinski definition) is 4. The molecule has 2 aliphatic rings. The Morgan fingerprint density at radius 2 is 2.00 bits per heavy atom. The molecule has 2 saturated heterocycles. The van der Waals surface area contributed by atoms with Crippen molar-refractivity contribution >= 4 is 5.91 Å². The molecule has 5 nitrogen and oxygen atoms in total. The van der Waals surface area contributed by atoms with Gasteiger partial charge in [0.05, 0.1) is 17.7 Å². The number of rotatable bonds is 4. The average Bonchev–Trinajstić information content (AvgIpc) is 2.94. The van der Waals surface area contributed by atoms with Gasteiger partial charge in [-0.15, -0.1) is 0 Å². The summed E-state index contributed by atoms with van der Waals surface area (Å²) >= 11 is 0. The van der Waals surface area contributed by atoms with Crippen LogP contribution in [0.1, 0.15) is 43.7 Å². The molecule has 2 fully saturated rings. The predicted molar refractivity (Wildman–Crippen MR) is 89.3 cm³/mol. The fraction of sp³-hybridized carbons (Fsp3) is 0.778. The third-order valence-corrected chi connectivity index (χ3v) is 5.33. The predicted octanol–water partition coefficient (Wildman–Crippen LogP) is 3.01. The maximum atomic E-state index is 14.5. The van der Waals surface area contributed by atoms with Crippen LogP contribution in [0.4, 0.5) is 8.78 Å². The molecule has 3 rings (SSSR count). The van der Waals surface area contributed by atoms with Crippen LogP contribution in [0.3, 0.4) is 0 Å². The van der Waals surface area contributed by atoms with Gasteiger partial charge < -0.3 is 9.42 Å². The zero-order chi connectivity index (χ0) is 18.4. The average molecular weight is 355 g/mol. The van der Waals surface area contributed by atoms with Crippen molar-refractivity contribution in [1.29, 1.82) is 0 Å². The molecule has 1 aromatic heterocycles. The van der Waals surface area contributed by atoms with Crippen molar-refractivity contribution in [3.05, 3.63) is 17.0 Å². The molecule has 0 bridgehead atoms. The Labute approximate surface area is 147 Å². The Morgan fingerprint density at radius 3 is 2.60 bits per heavy atom. The standard InChI is InChI=1S/C18H27F2N3O2/c1-12(2)7-23-6-5-17(16(23)24)9-18(19,20)11-22(10-17)8-15-13(3)21-25-14(15)4/h12H,5-11H2,1-4H3. The third kappa shape index (κ3) is 3.57. The number of carbonyl (C=O) groups excluding carboxylic acids is 1. The smallest absolute Gasteiger partial charge is 0.261 e. The second-order valence-corrected chi connectivity index (χ2v) is 8.16. The van der Waals surface area contributed by atoms with Crippen molar-refractivity contribution in [3.63, 3.8) is 0 Å². The maximum absolute atomic E-state index is 14.5. The van der Waals surface area contributed by atoms with E-state index in [1.165, 1.54) is 0 Å². The Hall–Kier alpha value is -1.50. The van der Waals surface area contributed by atoms with Gasteiger partial charge in [-0.3, -0.25) is 9.69 Å². The molecule has 1 spiro atoms. The molecule has 0 aromatic carbocycles. The molecule has 140 valence electrons. The largest absolute Gasteiger partial charge is 0.361 e. The fourth-order valence-electron chi connectivity index (χ4n) is 4.30. The van der Waals surface area contributed by atoms with E-state index in [2.05, 4.69) is 5.16 Å². The number of nitrogens with zero attached hydrogens (tertiary/aromatic N) is 3. The van der Waals surface area contributed by atoms with Crippen molar-refractivity contribution in [3.8, 4) is 0 Å². The number of likely N-dealkylation sites (tertiary alicyclic amines) is 2. The first-order valence-corrected chi connectivity index (χ1v) is 8.93. The number of alkyl halides is 2. The molecular formula is C18H27F2N3O2. The van der Waals surface area contributed by atoms with E-state index in [1.807, 2.05) is 20.8 Å². The monoisotopic (exact) mass is 355 g/mol. The van der Waals surface area contributed by atoms with E-state index in [1.54, 1.807) is 16.7 Å². The van der Waals surface area contributed by atoms with Crippen molar-refractivity contribution in [2.75, 3.05) is 26.2 Å². The van der Waals surface area contributed by atoms with E-state index in [9.17, 15) is 13.6 Å². The third-order valence-electron chi connectivity index (χ3n) is 5.33. The molecule has 0 N–H and O–H groups in total. The second kappa shape index (κ2) is 6.34. The van der Waals surface area contributed by atoms with E-state index in [0.29, 0.717) is 44.3 Å². The zero-order valence-electron chi connectivity index (χ0n) is 15.4. The Balaban J connectivity index is 1.81. The molecule has 1 unspecified atom stereocenters. The highest BCUT2D eigenvalue weighted by molar-refractivity contribution is 5.85. The van der Waals surface area contributed by atoms with Crippen molar-refractivity contribution in [2.45, 2.75) is 53.0 Å². The van der Waals surface area contributed by atoms with E-state index in [-0.39, 0.29) is 18.9 Å². The number of aromatic nitrogens is 1. The molecule has 7 heteroatoms. The van der Waals surface area contributed by atoms with Crippen LogP contribution in [0.5, 0.6) is 0 Å². The first-order chi connectivity index (χ1) is 11.6. The van der Waals surface area contributed by atoms with Gasteiger partial charge in [0.25, 0.3) is 5.92 Å². The summed E-state index contributed by atoms with van der Waals surface area (Å²) < 4.78 is 34.1. The van der Waals surface area contributed by atoms with Gasteiger partial charge in [0, 0.05) is 38.2 Å². The molecule has 0 radical (unpaired) electrons. The Morgan fingerprint density at radius 1 is 1.28 bits per heavy atom. The highest BCUT2D eigenvalue weighted by Gasteiger charge is 2.56. The summed E-state index contributed by atoms with van der Waals surface area (Å²) in [6, 6.07) is 0. The van der Waals surface area contributed by atoms with Gasteiger partial charge in [0.2, 0.25) is 5.91 Å². The molecule has 1 atom stereocenters. The number of carbonyl (C=O) groups is 1. The lowest BCUT2D eigenvalue weighted by molar-refractivity contribution is -0.155. The number of piperidine rings is 1. The van der Waals surface area contributed by atoms with E-state index in [0.717, 1.165) is 11.3 Å². The minimum Gasteiger partial charge on any atom is -0.361 e. The lowest BCUT2D eigenvalue weighted by atomic mass is 9.76. The maximum Gasteiger partial charge on any atom is 0.261 e. The van der Waals surface area contributed by atoms with Gasteiger partial charge in [0.1, 0.15) is 5.76 Å². The van der Waals surface area contributed by atoms with Gasteiger partial charge in [-0.1, -0.05) is 19.0 Å². The van der Waals surface area contributed by atoms with Crippen LogP contribution in [0.2, 0.25) is 0 Å². The molecule has 1 aromatic rings. The first kappa shape index (κ1) is 18.3. The Kier molecular flexibility index (Phi) is 4.64. The fourth-order valence-corrected chi connectivity index (χ4v) is 4.30. The SMILES string of the molecule is Cc1noc(C)c1CN1CC(F)(F)CC2(CCN(CC(C)C)C2=O)C1. The summed E-state index contributed by atoms with van der Waals surface area (Å²) in [5.41, 5.74) is 0.604. The molecule has 2 aliphatic heterocycles. The van der Waals surface area contributed by atoms with Crippen LogP contribution in [0, 0.1) is 25.2 Å². The minimum atomic E-state index is -2.86.